The Morgan fingerprint density at radius 3 is 2.54 bits per heavy atom. The number of benzene rings is 1. The molecule has 0 bridgehead atoms. The van der Waals surface area contributed by atoms with Gasteiger partial charge in [0.15, 0.2) is 16.6 Å². The number of carbonyl (C=O) groups excluding carboxylic acids is 1. The Morgan fingerprint density at radius 2 is 1.96 bits per heavy atom. The first-order valence-corrected chi connectivity index (χ1v) is 8.03. The molecule has 1 rings (SSSR count). The molecule has 0 saturated carbocycles. The van der Waals surface area contributed by atoms with Gasteiger partial charge in [-0.05, 0) is 63.7 Å². The van der Waals surface area contributed by atoms with Gasteiger partial charge in [-0.25, -0.2) is 0 Å². The number of carbonyl (C=O) groups is 1. The number of hydrogen-bond donors (Lipinski definition) is 3. The Morgan fingerprint density at radius 1 is 1.25 bits per heavy atom. The first-order chi connectivity index (χ1) is 11.2. The fourth-order valence-corrected chi connectivity index (χ4v) is 2.13. The molecule has 0 fully saturated rings. The van der Waals surface area contributed by atoms with Crippen LogP contribution in [0, 0.1) is 0 Å². The highest BCUT2D eigenvalue weighted by atomic mass is 32.1. The number of thiocarbonyl (C=S) groups is 1. The van der Waals surface area contributed by atoms with Gasteiger partial charge in [0.25, 0.3) is 5.91 Å². The maximum absolute atomic E-state index is 11.8. The van der Waals surface area contributed by atoms with Gasteiger partial charge in [-0.1, -0.05) is 6.07 Å². The second kappa shape index (κ2) is 9.12. The summed E-state index contributed by atoms with van der Waals surface area (Å²) in [6.45, 7) is 8.36. The van der Waals surface area contributed by atoms with Crippen molar-refractivity contribution < 1.29 is 14.3 Å². The van der Waals surface area contributed by atoms with Gasteiger partial charge in [0.05, 0.1) is 13.7 Å². The molecule has 0 aliphatic carbocycles. The van der Waals surface area contributed by atoms with Gasteiger partial charge < -0.3 is 14.8 Å². The van der Waals surface area contributed by atoms with Crippen molar-refractivity contribution in [2.45, 2.75) is 33.2 Å². The number of nitrogens with one attached hydrogen (secondary N) is 3. The fourth-order valence-electron chi connectivity index (χ4n) is 1.77. The van der Waals surface area contributed by atoms with Crippen LogP contribution in [0.15, 0.2) is 24.3 Å². The standard InChI is InChI=1S/C17H25N3O3S/c1-6-23-14-11-12(7-9-13(14)22-5)8-10-15(21)19-20-16(24)18-17(2,3)4/h7-11H,6H2,1-5H3,(H,19,21)(H2,18,20,24)/b10-8+. The molecule has 0 aromatic heterocycles. The Balaban J connectivity index is 2.60. The molecule has 1 aromatic rings. The molecule has 0 radical (unpaired) electrons. The summed E-state index contributed by atoms with van der Waals surface area (Å²) in [5.74, 6) is 0.969. The lowest BCUT2D eigenvalue weighted by molar-refractivity contribution is -0.117. The van der Waals surface area contributed by atoms with Crippen molar-refractivity contribution in [3.05, 3.63) is 29.8 Å². The van der Waals surface area contributed by atoms with Crippen LogP contribution in [0.5, 0.6) is 11.5 Å². The van der Waals surface area contributed by atoms with E-state index in [1.165, 1.54) is 6.08 Å². The zero-order valence-electron chi connectivity index (χ0n) is 14.7. The van der Waals surface area contributed by atoms with Crippen molar-refractivity contribution >= 4 is 29.3 Å². The minimum Gasteiger partial charge on any atom is -0.493 e. The normalized spacial score (nSPS) is 11.0. The summed E-state index contributed by atoms with van der Waals surface area (Å²) < 4.78 is 10.7. The number of ether oxygens (including phenoxy) is 2. The highest BCUT2D eigenvalue weighted by molar-refractivity contribution is 7.80. The maximum atomic E-state index is 11.8. The highest BCUT2D eigenvalue weighted by Gasteiger charge is 2.10. The van der Waals surface area contributed by atoms with E-state index < -0.39 is 0 Å². The van der Waals surface area contributed by atoms with Crippen LogP contribution in [0.2, 0.25) is 0 Å². The average Bonchev–Trinajstić information content (AvgIpc) is 2.50. The summed E-state index contributed by atoms with van der Waals surface area (Å²) in [5, 5.41) is 3.39. The van der Waals surface area contributed by atoms with Crippen LogP contribution in [0.25, 0.3) is 6.08 Å². The zero-order valence-corrected chi connectivity index (χ0v) is 15.5. The lowest BCUT2D eigenvalue weighted by Gasteiger charge is -2.22. The summed E-state index contributed by atoms with van der Waals surface area (Å²) in [7, 11) is 1.58. The molecule has 0 saturated heterocycles. The molecule has 1 amide bonds. The van der Waals surface area contributed by atoms with Gasteiger partial charge in [-0.3, -0.25) is 15.6 Å². The monoisotopic (exact) mass is 351 g/mol. The molecular formula is C17H25N3O3S. The van der Waals surface area contributed by atoms with Crippen molar-refractivity contribution in [2.75, 3.05) is 13.7 Å². The number of methoxy groups -OCH3 is 1. The number of rotatable bonds is 5. The molecule has 24 heavy (non-hydrogen) atoms. The summed E-state index contributed by atoms with van der Waals surface area (Å²) in [5.41, 5.74) is 5.80. The number of hydrogen-bond acceptors (Lipinski definition) is 4. The Kier molecular flexibility index (Phi) is 7.51. The third-order valence-corrected chi connectivity index (χ3v) is 2.91. The van der Waals surface area contributed by atoms with Crippen LogP contribution in [-0.2, 0) is 4.79 Å². The largest absolute Gasteiger partial charge is 0.493 e. The van der Waals surface area contributed by atoms with Crippen molar-refractivity contribution in [1.82, 2.24) is 16.2 Å². The van der Waals surface area contributed by atoms with Gasteiger partial charge in [0.2, 0.25) is 0 Å². The lowest BCUT2D eigenvalue weighted by Crippen LogP contribution is -2.51. The van der Waals surface area contributed by atoms with Crippen LogP contribution >= 0.6 is 12.2 Å². The summed E-state index contributed by atoms with van der Waals surface area (Å²) in [4.78, 5) is 11.8. The summed E-state index contributed by atoms with van der Waals surface area (Å²) >= 11 is 5.08. The van der Waals surface area contributed by atoms with Crippen molar-refractivity contribution in [3.8, 4) is 11.5 Å². The van der Waals surface area contributed by atoms with Crippen molar-refractivity contribution in [1.29, 1.82) is 0 Å². The van der Waals surface area contributed by atoms with Gasteiger partial charge in [-0.15, -0.1) is 0 Å². The van der Waals surface area contributed by atoms with E-state index in [9.17, 15) is 4.79 Å². The Hall–Kier alpha value is -2.28. The van der Waals surface area contributed by atoms with E-state index in [1.54, 1.807) is 19.3 Å². The third-order valence-electron chi connectivity index (χ3n) is 2.70. The van der Waals surface area contributed by atoms with Crippen LogP contribution in [-0.4, -0.2) is 30.3 Å². The first kappa shape index (κ1) is 19.8. The van der Waals surface area contributed by atoms with E-state index in [2.05, 4.69) is 16.2 Å². The van der Waals surface area contributed by atoms with E-state index in [1.807, 2.05) is 39.8 Å². The van der Waals surface area contributed by atoms with Crippen LogP contribution in [0.1, 0.15) is 33.3 Å². The predicted octanol–water partition coefficient (Wildman–Crippen LogP) is 2.40. The van der Waals surface area contributed by atoms with Crippen LogP contribution in [0.3, 0.4) is 0 Å². The Labute approximate surface area is 148 Å². The predicted molar refractivity (Wildman–Crippen MR) is 100.0 cm³/mol. The van der Waals surface area contributed by atoms with Gasteiger partial charge in [0, 0.05) is 11.6 Å². The molecule has 0 spiro atoms. The molecule has 6 nitrogen and oxygen atoms in total. The van der Waals surface area contributed by atoms with Crippen LogP contribution < -0.4 is 25.6 Å². The molecular weight excluding hydrogens is 326 g/mol. The van der Waals surface area contributed by atoms with E-state index >= 15 is 0 Å². The number of amides is 1. The first-order valence-electron chi connectivity index (χ1n) is 7.62. The number of hydrazine groups is 1. The SMILES string of the molecule is CCOc1cc(/C=C/C(=O)NNC(=S)NC(C)(C)C)ccc1OC. The molecule has 0 aliphatic heterocycles. The van der Waals surface area contributed by atoms with Gasteiger partial charge in [0.1, 0.15) is 0 Å². The highest BCUT2D eigenvalue weighted by Crippen LogP contribution is 2.28. The molecule has 1 aromatic carbocycles. The van der Waals surface area contributed by atoms with E-state index in [4.69, 9.17) is 21.7 Å². The van der Waals surface area contributed by atoms with Gasteiger partial charge in [-0.2, -0.15) is 0 Å². The lowest BCUT2D eigenvalue weighted by atomic mass is 10.1. The molecule has 0 aliphatic rings. The quantitative estimate of drug-likeness (QED) is 0.430. The minimum atomic E-state index is -0.318. The van der Waals surface area contributed by atoms with E-state index in [0.29, 0.717) is 23.2 Å². The molecule has 3 N–H and O–H groups in total. The molecule has 7 heteroatoms. The molecule has 0 unspecified atom stereocenters. The second-order valence-electron chi connectivity index (χ2n) is 6.00. The maximum Gasteiger partial charge on any atom is 0.262 e. The third kappa shape index (κ3) is 7.32. The molecule has 0 atom stereocenters. The smallest absolute Gasteiger partial charge is 0.262 e. The summed E-state index contributed by atoms with van der Waals surface area (Å²) in [6.07, 6.45) is 3.09. The van der Waals surface area contributed by atoms with E-state index in [-0.39, 0.29) is 11.4 Å². The second-order valence-corrected chi connectivity index (χ2v) is 6.40. The zero-order chi connectivity index (χ0) is 18.2. The fraction of sp³-hybridized carbons (Fsp3) is 0.412. The average molecular weight is 351 g/mol. The van der Waals surface area contributed by atoms with E-state index in [0.717, 1.165) is 5.56 Å². The Bertz CT molecular complexity index is 610. The minimum absolute atomic E-state index is 0.177. The van der Waals surface area contributed by atoms with Crippen molar-refractivity contribution in [2.24, 2.45) is 0 Å². The summed E-state index contributed by atoms with van der Waals surface area (Å²) in [6, 6.07) is 5.44. The van der Waals surface area contributed by atoms with Crippen LogP contribution in [0.4, 0.5) is 0 Å². The van der Waals surface area contributed by atoms with Gasteiger partial charge >= 0.3 is 0 Å². The topological polar surface area (TPSA) is 71.6 Å². The van der Waals surface area contributed by atoms with Crippen molar-refractivity contribution in [3.63, 3.8) is 0 Å². The molecule has 132 valence electrons. The molecule has 0 heterocycles.